The lowest BCUT2D eigenvalue weighted by Gasteiger charge is -2.31. The molecule has 31 heavy (non-hydrogen) atoms. The van der Waals surface area contributed by atoms with E-state index in [0.717, 1.165) is 37.0 Å². The van der Waals surface area contributed by atoms with Crippen LogP contribution in [-0.2, 0) is 4.79 Å². The highest BCUT2D eigenvalue weighted by atomic mass is 16.2. The molecule has 1 saturated heterocycles. The first-order valence-electron chi connectivity index (χ1n) is 9.88. The van der Waals surface area contributed by atoms with E-state index in [0.29, 0.717) is 23.6 Å². The van der Waals surface area contributed by atoms with Crippen molar-refractivity contribution in [3.8, 4) is 11.3 Å². The van der Waals surface area contributed by atoms with E-state index < -0.39 is 0 Å². The van der Waals surface area contributed by atoms with Crippen LogP contribution in [0.4, 0.5) is 5.82 Å². The Morgan fingerprint density at radius 2 is 1.68 bits per heavy atom. The number of anilines is 1. The number of amides is 1. The van der Waals surface area contributed by atoms with E-state index in [1.54, 1.807) is 24.5 Å². The minimum absolute atomic E-state index is 0.0779. The molecule has 0 aromatic carbocycles. The Balaban J connectivity index is 1.57. The molecule has 0 saturated carbocycles. The predicted octanol–water partition coefficient (Wildman–Crippen LogP) is -2.95. The molecule has 1 N–H and O–H groups in total. The van der Waals surface area contributed by atoms with Gasteiger partial charge in [0.1, 0.15) is 37.2 Å². The van der Waals surface area contributed by atoms with Crippen molar-refractivity contribution < 1.29 is 4.79 Å². The van der Waals surface area contributed by atoms with Crippen LogP contribution in [0.15, 0.2) is 24.5 Å². The number of carbonyl (C=O) groups excluding carboxylic acids is 1. The Hall–Kier alpha value is -2.64. The van der Waals surface area contributed by atoms with E-state index in [1.165, 1.54) is 0 Å². The molecule has 3 aromatic rings. The lowest BCUT2D eigenvalue weighted by atomic mass is 9.70. The van der Waals surface area contributed by atoms with Gasteiger partial charge < -0.3 is 10.2 Å². The Morgan fingerprint density at radius 3 is 2.42 bits per heavy atom. The van der Waals surface area contributed by atoms with Gasteiger partial charge in [-0.2, -0.15) is 0 Å². The number of likely N-dealkylation sites (N-methyl/N-ethyl adjacent to an activating group) is 1. The third kappa shape index (κ3) is 4.67. The monoisotopic (exact) mass is 402 g/mol. The van der Waals surface area contributed by atoms with Crippen LogP contribution in [0, 0.1) is 0 Å². The molecule has 0 unspecified atom stereocenters. The van der Waals surface area contributed by atoms with Crippen molar-refractivity contribution in [1.29, 1.82) is 0 Å². The quantitative estimate of drug-likeness (QED) is 0.472. The summed E-state index contributed by atoms with van der Waals surface area (Å²) in [4.78, 5) is 29.6. The SMILES string of the molecule is [B]c1nc([B])c(-c2cc3cc(NC(=O)CN4CCN(C)CC4)ncc3cn2)c([B])c1[B]. The van der Waals surface area contributed by atoms with Gasteiger partial charge in [0, 0.05) is 49.5 Å². The van der Waals surface area contributed by atoms with Gasteiger partial charge in [-0.3, -0.25) is 19.7 Å². The van der Waals surface area contributed by atoms with E-state index in [-0.39, 0.29) is 28.0 Å². The van der Waals surface area contributed by atoms with Gasteiger partial charge in [-0.25, -0.2) is 4.98 Å². The molecule has 0 spiro atoms. The Labute approximate surface area is 186 Å². The van der Waals surface area contributed by atoms with Crippen molar-refractivity contribution in [3.63, 3.8) is 0 Å². The molecule has 8 radical (unpaired) electrons. The summed E-state index contributed by atoms with van der Waals surface area (Å²) in [5, 5.41) is 4.48. The summed E-state index contributed by atoms with van der Waals surface area (Å²) >= 11 is 0. The van der Waals surface area contributed by atoms with E-state index in [1.807, 2.05) is 0 Å². The summed E-state index contributed by atoms with van der Waals surface area (Å²) < 4.78 is 0. The number of hydrogen-bond acceptors (Lipinski definition) is 6. The maximum Gasteiger partial charge on any atom is 0.239 e. The first kappa shape index (κ1) is 21.6. The predicted molar refractivity (Wildman–Crippen MR) is 127 cm³/mol. The number of fused-ring (bicyclic) bond motifs is 1. The number of nitrogens with one attached hydrogen (secondary N) is 1. The Bertz CT molecular complexity index is 1150. The molecular weight excluding hydrogens is 384 g/mol. The number of pyridine rings is 3. The first-order chi connectivity index (χ1) is 14.8. The van der Waals surface area contributed by atoms with Gasteiger partial charge in [0.15, 0.2) is 0 Å². The van der Waals surface area contributed by atoms with Crippen molar-refractivity contribution in [2.24, 2.45) is 0 Å². The van der Waals surface area contributed by atoms with Crippen molar-refractivity contribution in [1.82, 2.24) is 24.8 Å². The van der Waals surface area contributed by atoms with Crippen LogP contribution in [0.3, 0.4) is 0 Å². The van der Waals surface area contributed by atoms with Crippen LogP contribution >= 0.6 is 0 Å². The van der Waals surface area contributed by atoms with Crippen molar-refractivity contribution in [2.45, 2.75) is 0 Å². The number of piperazine rings is 1. The third-order valence-electron chi connectivity index (χ3n) is 5.42. The molecule has 4 heterocycles. The molecule has 146 valence electrons. The molecule has 1 fully saturated rings. The van der Waals surface area contributed by atoms with Gasteiger partial charge in [-0.05, 0) is 35.8 Å². The number of rotatable bonds is 4. The topological polar surface area (TPSA) is 74.2 Å². The standard InChI is InChI=1S/C20H18B4N6O/c1-29-2-4-30(5-3-29)10-15(31)27-14-7-11-6-13(25-8-12(11)9-26-14)16-17(21)18(22)20(24)28-19(16)23/h6-9H,2-5,10H2,1H3,(H,26,27,31). The molecule has 11 heteroatoms. The second kappa shape index (κ2) is 8.85. The maximum atomic E-state index is 12.5. The van der Waals surface area contributed by atoms with Crippen LogP contribution in [0.2, 0.25) is 0 Å². The minimum atomic E-state index is -0.102. The highest BCUT2D eigenvalue weighted by Crippen LogP contribution is 2.21. The zero-order chi connectivity index (χ0) is 22.1. The third-order valence-corrected chi connectivity index (χ3v) is 5.42. The first-order valence-corrected chi connectivity index (χ1v) is 9.88. The molecule has 7 nitrogen and oxygen atoms in total. The van der Waals surface area contributed by atoms with Crippen molar-refractivity contribution in [3.05, 3.63) is 24.5 Å². The average molecular weight is 402 g/mol. The highest BCUT2D eigenvalue weighted by Gasteiger charge is 2.17. The van der Waals surface area contributed by atoms with E-state index in [4.69, 9.17) is 31.4 Å². The zero-order valence-corrected chi connectivity index (χ0v) is 17.3. The summed E-state index contributed by atoms with van der Waals surface area (Å²) in [7, 11) is 25.8. The highest BCUT2D eigenvalue weighted by molar-refractivity contribution is 6.59. The number of aromatic nitrogens is 3. The van der Waals surface area contributed by atoms with Gasteiger partial charge in [-0.1, -0.05) is 10.9 Å². The number of hydrogen-bond donors (Lipinski definition) is 1. The number of nitrogens with zero attached hydrogens (tertiary/aromatic N) is 5. The molecule has 0 atom stereocenters. The summed E-state index contributed by atoms with van der Waals surface area (Å²) in [6, 6.07) is 3.58. The van der Waals surface area contributed by atoms with Gasteiger partial charge in [0.25, 0.3) is 0 Å². The second-order valence-electron chi connectivity index (χ2n) is 7.70. The summed E-state index contributed by atoms with van der Waals surface area (Å²) in [6.45, 7) is 3.97. The zero-order valence-electron chi connectivity index (χ0n) is 17.3. The second-order valence-corrected chi connectivity index (χ2v) is 7.70. The van der Waals surface area contributed by atoms with Crippen LogP contribution in [0.1, 0.15) is 0 Å². The van der Waals surface area contributed by atoms with Crippen molar-refractivity contribution in [2.75, 3.05) is 45.1 Å². The largest absolute Gasteiger partial charge is 0.310 e. The molecule has 1 aliphatic rings. The Morgan fingerprint density at radius 1 is 0.968 bits per heavy atom. The lowest BCUT2D eigenvalue weighted by molar-refractivity contribution is -0.117. The Kier molecular flexibility index (Phi) is 6.16. The maximum absolute atomic E-state index is 12.5. The number of carbonyl (C=O) groups is 1. The van der Waals surface area contributed by atoms with Crippen LogP contribution in [-0.4, -0.2) is 102 Å². The van der Waals surface area contributed by atoms with Crippen molar-refractivity contribution >= 4 is 76.0 Å². The van der Waals surface area contributed by atoms with E-state index in [9.17, 15) is 4.79 Å². The van der Waals surface area contributed by atoms with Gasteiger partial charge in [0.2, 0.25) is 5.91 Å². The fourth-order valence-electron chi connectivity index (χ4n) is 3.56. The van der Waals surface area contributed by atoms with E-state index >= 15 is 0 Å². The lowest BCUT2D eigenvalue weighted by Crippen LogP contribution is -2.47. The average Bonchev–Trinajstić information content (AvgIpc) is 2.73. The van der Waals surface area contributed by atoms with E-state index in [2.05, 4.69) is 37.1 Å². The van der Waals surface area contributed by atoms with Gasteiger partial charge in [0.05, 0.1) is 12.2 Å². The fraction of sp³-hybridized carbons (Fsp3) is 0.300. The summed E-state index contributed by atoms with van der Waals surface area (Å²) in [5.74, 6) is 0.356. The summed E-state index contributed by atoms with van der Waals surface area (Å²) in [6.07, 6.45) is 3.30. The van der Waals surface area contributed by atoms with Crippen LogP contribution in [0.25, 0.3) is 22.0 Å². The smallest absolute Gasteiger partial charge is 0.239 e. The summed E-state index contributed by atoms with van der Waals surface area (Å²) in [5.41, 5.74) is 1.54. The molecule has 1 amide bonds. The molecule has 4 rings (SSSR count). The molecule has 0 bridgehead atoms. The fourth-order valence-corrected chi connectivity index (χ4v) is 3.56. The van der Waals surface area contributed by atoms with Crippen LogP contribution < -0.4 is 27.4 Å². The molecule has 0 aliphatic carbocycles. The van der Waals surface area contributed by atoms with Gasteiger partial charge in [-0.15, -0.1) is 0 Å². The molecule has 1 aliphatic heterocycles. The van der Waals surface area contributed by atoms with Crippen LogP contribution in [0.5, 0.6) is 0 Å². The molecule has 3 aromatic heterocycles. The molecular formula is C20H18B4N6O. The normalized spacial score (nSPS) is 15.3. The van der Waals surface area contributed by atoms with Gasteiger partial charge >= 0.3 is 0 Å². The minimum Gasteiger partial charge on any atom is -0.310 e.